The van der Waals surface area contributed by atoms with Crippen molar-refractivity contribution in [3.63, 3.8) is 0 Å². The van der Waals surface area contributed by atoms with E-state index in [4.69, 9.17) is 4.74 Å². The van der Waals surface area contributed by atoms with Gasteiger partial charge in [-0.25, -0.2) is 0 Å². The van der Waals surface area contributed by atoms with Crippen LogP contribution in [0.2, 0.25) is 0 Å². The average Bonchev–Trinajstić information content (AvgIpc) is 2.42. The number of carbonyl (C=O) groups is 1. The van der Waals surface area contributed by atoms with Gasteiger partial charge in [0.05, 0.1) is 12.5 Å². The number of aliphatic carboxylic acids is 1. The molecule has 1 aromatic rings. The second kappa shape index (κ2) is 5.53. The second-order valence-electron chi connectivity index (χ2n) is 5.25. The molecule has 0 aromatic heterocycles. The summed E-state index contributed by atoms with van der Waals surface area (Å²) in [5.41, 5.74) is 1.10. The van der Waals surface area contributed by atoms with Gasteiger partial charge in [-0.1, -0.05) is 35.2 Å². The third-order valence-electron chi connectivity index (χ3n) is 4.10. The summed E-state index contributed by atoms with van der Waals surface area (Å²) in [4.78, 5) is 11.9. The topological polar surface area (TPSA) is 46.5 Å². The molecule has 0 bridgehead atoms. The minimum absolute atomic E-state index is 0.702. The van der Waals surface area contributed by atoms with E-state index >= 15 is 0 Å². The Kier molecular flexibility index (Phi) is 4.19. The molecule has 1 fully saturated rings. The molecule has 1 aliphatic carbocycles. The fourth-order valence-corrected chi connectivity index (χ4v) is 3.56. The third kappa shape index (κ3) is 2.50. The first kappa shape index (κ1) is 14.4. The lowest BCUT2D eigenvalue weighted by atomic mass is 9.69. The molecule has 0 unspecified atom stereocenters. The molecule has 0 aliphatic heterocycles. The van der Waals surface area contributed by atoms with Crippen molar-refractivity contribution in [3.8, 4) is 5.75 Å². The van der Waals surface area contributed by atoms with Crippen molar-refractivity contribution in [2.24, 2.45) is 0 Å². The Hall–Kier alpha value is -1.03. The van der Waals surface area contributed by atoms with E-state index in [2.05, 4.69) is 15.9 Å². The van der Waals surface area contributed by atoms with Crippen LogP contribution in [0.5, 0.6) is 5.75 Å². The Balaban J connectivity index is 2.59. The molecular formula is C15H19BrO3. The van der Waals surface area contributed by atoms with Crippen LogP contribution in [-0.2, 0) is 10.2 Å². The van der Waals surface area contributed by atoms with Gasteiger partial charge in [-0.2, -0.15) is 0 Å². The first-order valence-corrected chi connectivity index (χ1v) is 7.38. The normalized spacial score (nSPS) is 18.1. The van der Waals surface area contributed by atoms with Crippen LogP contribution >= 0.6 is 15.9 Å². The standard InChI is InChI=1S/C15H19BrO3/c1-10-8-11(19-2)9-12(13(10)16)15(14(17)18)6-4-3-5-7-15/h8-9H,3-7H2,1-2H3,(H,17,18). The molecular weight excluding hydrogens is 308 g/mol. The predicted molar refractivity (Wildman–Crippen MR) is 77.8 cm³/mol. The lowest BCUT2D eigenvalue weighted by Crippen LogP contribution is -2.38. The van der Waals surface area contributed by atoms with E-state index in [0.717, 1.165) is 40.6 Å². The number of benzene rings is 1. The SMILES string of the molecule is COc1cc(C)c(Br)c(C2(C(=O)O)CCCCC2)c1. The van der Waals surface area contributed by atoms with Crippen LogP contribution in [0, 0.1) is 6.92 Å². The summed E-state index contributed by atoms with van der Waals surface area (Å²) in [7, 11) is 1.61. The Morgan fingerprint density at radius 3 is 2.47 bits per heavy atom. The maximum absolute atomic E-state index is 11.9. The highest BCUT2D eigenvalue weighted by Gasteiger charge is 2.43. The van der Waals surface area contributed by atoms with E-state index in [1.807, 2.05) is 19.1 Å². The summed E-state index contributed by atoms with van der Waals surface area (Å²) in [6.07, 6.45) is 4.46. The molecule has 104 valence electrons. The predicted octanol–water partition coefficient (Wildman–Crippen LogP) is 4.05. The number of ether oxygens (including phenoxy) is 1. The maximum atomic E-state index is 11.9. The number of hydrogen-bond acceptors (Lipinski definition) is 2. The largest absolute Gasteiger partial charge is 0.497 e. The average molecular weight is 327 g/mol. The van der Waals surface area contributed by atoms with Crippen LogP contribution in [0.4, 0.5) is 0 Å². The van der Waals surface area contributed by atoms with Gasteiger partial charge in [-0.3, -0.25) is 4.79 Å². The Bertz CT molecular complexity index is 490. The highest BCUT2D eigenvalue weighted by atomic mass is 79.9. The lowest BCUT2D eigenvalue weighted by molar-refractivity contribution is -0.145. The van der Waals surface area contributed by atoms with Crippen LogP contribution in [0.25, 0.3) is 0 Å². The molecule has 1 saturated carbocycles. The fourth-order valence-electron chi connectivity index (χ4n) is 2.96. The van der Waals surface area contributed by atoms with Crippen molar-refractivity contribution in [1.29, 1.82) is 0 Å². The molecule has 1 aliphatic rings. The summed E-state index contributed by atoms with van der Waals surface area (Å²) in [5, 5.41) is 9.76. The van der Waals surface area contributed by atoms with Crippen molar-refractivity contribution in [2.45, 2.75) is 44.4 Å². The van der Waals surface area contributed by atoms with Crippen LogP contribution in [0.3, 0.4) is 0 Å². The zero-order valence-corrected chi connectivity index (χ0v) is 12.9. The van der Waals surface area contributed by atoms with E-state index in [9.17, 15) is 9.90 Å². The molecule has 0 atom stereocenters. The first-order chi connectivity index (χ1) is 9.01. The number of hydrogen-bond donors (Lipinski definition) is 1. The molecule has 1 aromatic carbocycles. The minimum atomic E-state index is -0.767. The van der Waals surface area contributed by atoms with Gasteiger partial charge in [0.2, 0.25) is 0 Å². The molecule has 0 amide bonds. The van der Waals surface area contributed by atoms with Gasteiger partial charge in [0.15, 0.2) is 0 Å². The number of carboxylic acids is 1. The molecule has 0 spiro atoms. The third-order valence-corrected chi connectivity index (χ3v) is 5.15. The summed E-state index contributed by atoms with van der Waals surface area (Å²) in [5.74, 6) is 0.00227. The molecule has 3 nitrogen and oxygen atoms in total. The molecule has 0 heterocycles. The van der Waals surface area contributed by atoms with Gasteiger partial charge < -0.3 is 9.84 Å². The molecule has 0 saturated heterocycles. The van der Waals surface area contributed by atoms with Gasteiger partial charge in [-0.05, 0) is 43.0 Å². The molecule has 1 N–H and O–H groups in total. The summed E-state index contributed by atoms with van der Waals surface area (Å²) in [6.45, 7) is 1.97. The van der Waals surface area contributed by atoms with Crippen molar-refractivity contribution in [3.05, 3.63) is 27.7 Å². The summed E-state index contributed by atoms with van der Waals surface area (Å²) < 4.78 is 6.19. The Labute approximate surface area is 122 Å². The zero-order chi connectivity index (χ0) is 14.0. The molecule has 19 heavy (non-hydrogen) atoms. The number of halogens is 1. The van der Waals surface area contributed by atoms with Gasteiger partial charge in [-0.15, -0.1) is 0 Å². The molecule has 2 rings (SSSR count). The van der Waals surface area contributed by atoms with Gasteiger partial charge >= 0.3 is 5.97 Å². The molecule has 0 radical (unpaired) electrons. The number of methoxy groups -OCH3 is 1. The van der Waals surface area contributed by atoms with Gasteiger partial charge in [0.1, 0.15) is 5.75 Å². The van der Waals surface area contributed by atoms with Crippen LogP contribution in [0.15, 0.2) is 16.6 Å². The van der Waals surface area contributed by atoms with E-state index < -0.39 is 11.4 Å². The highest BCUT2D eigenvalue weighted by molar-refractivity contribution is 9.10. The van der Waals surface area contributed by atoms with E-state index in [1.54, 1.807) is 7.11 Å². The Morgan fingerprint density at radius 2 is 1.95 bits per heavy atom. The lowest BCUT2D eigenvalue weighted by Gasteiger charge is -2.35. The first-order valence-electron chi connectivity index (χ1n) is 6.59. The summed E-state index contributed by atoms with van der Waals surface area (Å²) >= 11 is 3.56. The second-order valence-corrected chi connectivity index (χ2v) is 6.05. The van der Waals surface area contributed by atoms with Gasteiger partial charge in [0, 0.05) is 4.47 Å². The van der Waals surface area contributed by atoms with E-state index in [1.165, 1.54) is 0 Å². The van der Waals surface area contributed by atoms with Crippen molar-refractivity contribution < 1.29 is 14.6 Å². The fraction of sp³-hybridized carbons (Fsp3) is 0.533. The van der Waals surface area contributed by atoms with E-state index in [0.29, 0.717) is 12.8 Å². The van der Waals surface area contributed by atoms with Crippen molar-refractivity contribution in [1.82, 2.24) is 0 Å². The van der Waals surface area contributed by atoms with Crippen LogP contribution < -0.4 is 4.74 Å². The number of rotatable bonds is 3. The minimum Gasteiger partial charge on any atom is -0.497 e. The smallest absolute Gasteiger partial charge is 0.314 e. The zero-order valence-electron chi connectivity index (χ0n) is 11.3. The molecule has 4 heteroatoms. The highest BCUT2D eigenvalue weighted by Crippen LogP contribution is 2.44. The monoisotopic (exact) mass is 326 g/mol. The van der Waals surface area contributed by atoms with Crippen molar-refractivity contribution >= 4 is 21.9 Å². The van der Waals surface area contributed by atoms with Crippen LogP contribution in [0.1, 0.15) is 43.2 Å². The quantitative estimate of drug-likeness (QED) is 0.911. The number of carboxylic acid groups (broad SMARTS) is 1. The summed E-state index contributed by atoms with van der Waals surface area (Å²) in [6, 6.07) is 3.79. The van der Waals surface area contributed by atoms with Crippen LogP contribution in [-0.4, -0.2) is 18.2 Å². The van der Waals surface area contributed by atoms with Gasteiger partial charge in [0.25, 0.3) is 0 Å². The Morgan fingerprint density at radius 1 is 1.32 bits per heavy atom. The van der Waals surface area contributed by atoms with Crippen molar-refractivity contribution in [2.75, 3.05) is 7.11 Å². The maximum Gasteiger partial charge on any atom is 0.314 e. The number of aryl methyl sites for hydroxylation is 1. The van der Waals surface area contributed by atoms with E-state index in [-0.39, 0.29) is 0 Å².